The van der Waals surface area contributed by atoms with Crippen molar-refractivity contribution in [2.45, 2.75) is 56.9 Å². The van der Waals surface area contributed by atoms with Crippen LogP contribution in [0, 0.1) is 5.92 Å². The van der Waals surface area contributed by atoms with Crippen molar-refractivity contribution < 1.29 is 52.7 Å². The first kappa shape index (κ1) is 31.8. The van der Waals surface area contributed by atoms with Gasteiger partial charge in [0.25, 0.3) is 0 Å². The maximum atomic E-state index is 13.3. The third kappa shape index (κ3) is 8.57. The number of para-hydroxylation sites is 1. The predicted octanol–water partition coefficient (Wildman–Crippen LogP) is -0.561. The number of anilines is 1. The molecule has 0 bridgehead atoms. The number of fused-ring (bicyclic) bond motifs is 1. The molecule has 0 aliphatic heterocycles. The summed E-state index contributed by atoms with van der Waals surface area (Å²) in [6.45, 7) is 4.06. The van der Waals surface area contributed by atoms with Gasteiger partial charge in [0, 0.05) is 42.3 Å². The molecule has 200 valence electrons. The third-order valence-electron chi connectivity index (χ3n) is 6.17. The van der Waals surface area contributed by atoms with Gasteiger partial charge in [0.1, 0.15) is 0 Å². The molecule has 3 aromatic rings. The Hall–Kier alpha value is -2.37. The molecule has 1 aromatic heterocycles. The van der Waals surface area contributed by atoms with Crippen LogP contribution in [0.2, 0.25) is 0 Å². The summed E-state index contributed by atoms with van der Waals surface area (Å²) in [5.41, 5.74) is 8.19. The van der Waals surface area contributed by atoms with Crippen LogP contribution in [0.15, 0.2) is 59.6 Å². The van der Waals surface area contributed by atoms with Crippen LogP contribution in [0.25, 0.3) is 10.9 Å². The molecule has 1 heterocycles. The number of H-pyrrole nitrogens is 1. The number of nitrogens with zero attached hydrogens (tertiary/aromatic N) is 1. The van der Waals surface area contributed by atoms with E-state index in [-0.39, 0.29) is 59.2 Å². The second-order valence-corrected chi connectivity index (χ2v) is 11.5. The molecular weight excluding hydrogens is 515 g/mol. The SMILES string of the molecule is CC(C)CN([C@@H](CCCCNC(=O)CCc1c[nH]c2ccccc12)C(=O)[O-])S(=O)(=O)c1ccc(N)cc1.[Na+]. The average Bonchev–Trinajstić information content (AvgIpc) is 3.27. The number of carbonyl (C=O) groups is 2. The summed E-state index contributed by atoms with van der Waals surface area (Å²) in [7, 11) is -4.07. The number of carbonyl (C=O) groups excluding carboxylic acids is 2. The van der Waals surface area contributed by atoms with Crippen molar-refractivity contribution in [1.82, 2.24) is 14.6 Å². The van der Waals surface area contributed by atoms with Gasteiger partial charge in [-0.2, -0.15) is 4.31 Å². The molecule has 2 aromatic carbocycles. The minimum absolute atomic E-state index is 0. The molecule has 0 saturated heterocycles. The van der Waals surface area contributed by atoms with E-state index in [0.29, 0.717) is 37.9 Å². The van der Waals surface area contributed by atoms with E-state index in [0.717, 1.165) is 20.8 Å². The van der Waals surface area contributed by atoms with Gasteiger partial charge in [0.05, 0.1) is 16.9 Å². The molecule has 0 spiro atoms. The summed E-state index contributed by atoms with van der Waals surface area (Å²) in [6, 6.07) is 12.3. The monoisotopic (exact) mass is 550 g/mol. The molecule has 3 rings (SSSR count). The van der Waals surface area contributed by atoms with Gasteiger partial charge in [0.2, 0.25) is 15.9 Å². The van der Waals surface area contributed by atoms with Crippen molar-refractivity contribution in [1.29, 1.82) is 0 Å². The van der Waals surface area contributed by atoms with Crippen molar-refractivity contribution in [2.75, 3.05) is 18.8 Å². The molecule has 4 N–H and O–H groups in total. The molecule has 0 radical (unpaired) electrons. The van der Waals surface area contributed by atoms with Crippen LogP contribution in [0.3, 0.4) is 0 Å². The van der Waals surface area contributed by atoms with Gasteiger partial charge in [-0.1, -0.05) is 32.0 Å². The first-order valence-corrected chi connectivity index (χ1v) is 13.9. The Bertz CT molecular complexity index is 1310. The fourth-order valence-corrected chi connectivity index (χ4v) is 6.04. The Morgan fingerprint density at radius 1 is 1.08 bits per heavy atom. The quantitative estimate of drug-likeness (QED) is 0.139. The number of aryl methyl sites for hydroxylation is 1. The Morgan fingerprint density at radius 3 is 2.42 bits per heavy atom. The van der Waals surface area contributed by atoms with E-state index in [2.05, 4.69) is 10.3 Å². The minimum Gasteiger partial charge on any atom is -0.548 e. The number of rotatable bonds is 14. The molecule has 0 unspecified atom stereocenters. The van der Waals surface area contributed by atoms with Crippen LogP contribution in [0.5, 0.6) is 0 Å². The second-order valence-electron chi connectivity index (χ2n) is 9.58. The first-order chi connectivity index (χ1) is 17.6. The summed E-state index contributed by atoms with van der Waals surface area (Å²) >= 11 is 0. The van der Waals surface area contributed by atoms with E-state index < -0.39 is 22.0 Å². The van der Waals surface area contributed by atoms with Crippen LogP contribution in [-0.4, -0.2) is 48.7 Å². The number of aromatic amines is 1. The summed E-state index contributed by atoms with van der Waals surface area (Å²) in [5, 5.41) is 16.0. The van der Waals surface area contributed by atoms with E-state index in [1.807, 2.05) is 44.3 Å². The number of hydrogen-bond donors (Lipinski definition) is 3. The van der Waals surface area contributed by atoms with Crippen LogP contribution in [0.1, 0.15) is 45.1 Å². The van der Waals surface area contributed by atoms with Crippen molar-refractivity contribution >= 4 is 38.5 Å². The number of nitrogen functional groups attached to an aromatic ring is 1. The molecule has 0 aliphatic carbocycles. The van der Waals surface area contributed by atoms with Crippen molar-refractivity contribution in [3.8, 4) is 0 Å². The molecule has 1 atom stereocenters. The zero-order valence-corrected chi connectivity index (χ0v) is 25.1. The largest absolute Gasteiger partial charge is 1.00 e. The normalized spacial score (nSPS) is 12.4. The van der Waals surface area contributed by atoms with E-state index in [1.54, 1.807) is 0 Å². The van der Waals surface area contributed by atoms with Crippen LogP contribution < -0.4 is 45.7 Å². The molecular formula is C27H35N4NaO5S. The number of nitrogens with two attached hydrogens (primary N) is 1. The van der Waals surface area contributed by atoms with Gasteiger partial charge in [-0.25, -0.2) is 8.42 Å². The first-order valence-electron chi connectivity index (χ1n) is 12.5. The van der Waals surface area contributed by atoms with E-state index in [9.17, 15) is 23.1 Å². The third-order valence-corrected chi connectivity index (χ3v) is 8.06. The van der Waals surface area contributed by atoms with Crippen LogP contribution in [-0.2, 0) is 26.0 Å². The fraction of sp³-hybridized carbons (Fsp3) is 0.407. The van der Waals surface area contributed by atoms with Crippen molar-refractivity contribution in [2.24, 2.45) is 5.92 Å². The predicted molar refractivity (Wildman–Crippen MR) is 142 cm³/mol. The molecule has 0 aliphatic rings. The summed E-state index contributed by atoms with van der Waals surface area (Å²) in [4.78, 5) is 27.5. The Morgan fingerprint density at radius 2 is 1.76 bits per heavy atom. The number of sulfonamides is 1. The fourth-order valence-electron chi connectivity index (χ4n) is 4.27. The maximum absolute atomic E-state index is 13.3. The molecule has 1 amide bonds. The second kappa shape index (κ2) is 14.7. The minimum atomic E-state index is -4.07. The average molecular weight is 551 g/mol. The summed E-state index contributed by atoms with van der Waals surface area (Å²) in [5.74, 6) is -1.63. The van der Waals surface area contributed by atoms with Gasteiger partial charge < -0.3 is 25.9 Å². The Balaban J connectivity index is 0.00000507. The standard InChI is InChI=1S/C27H36N4O5S.Na/c1-19(2)18-31(37(35,36)22-13-11-21(28)12-14-22)25(27(33)34)9-5-6-16-29-26(32)15-10-20-17-30-24-8-4-3-7-23(20)24;/h3-4,7-8,11-14,17,19,25,30H,5-6,9-10,15-16,18,28H2,1-2H3,(H,29,32)(H,33,34);/q;+1/p-1/t25-;/m0./s1. The number of aliphatic carboxylic acids is 1. The topological polar surface area (TPSA) is 148 Å². The number of carboxylic acids is 1. The van der Waals surface area contributed by atoms with Crippen LogP contribution >= 0.6 is 0 Å². The van der Waals surface area contributed by atoms with E-state index in [4.69, 9.17) is 5.73 Å². The van der Waals surface area contributed by atoms with Gasteiger partial charge in [-0.15, -0.1) is 0 Å². The number of unbranched alkanes of at least 4 members (excludes halogenated alkanes) is 1. The van der Waals surface area contributed by atoms with Gasteiger partial charge in [-0.3, -0.25) is 4.79 Å². The number of benzene rings is 2. The number of carboxylic acid groups (broad SMARTS) is 1. The van der Waals surface area contributed by atoms with Crippen LogP contribution in [0.4, 0.5) is 5.69 Å². The van der Waals surface area contributed by atoms with Gasteiger partial charge in [-0.05, 0) is 67.5 Å². The molecule has 0 saturated carbocycles. The maximum Gasteiger partial charge on any atom is 1.00 e. The summed E-state index contributed by atoms with van der Waals surface area (Å²) < 4.78 is 27.6. The van der Waals surface area contributed by atoms with E-state index in [1.165, 1.54) is 24.3 Å². The smallest absolute Gasteiger partial charge is 0.548 e. The van der Waals surface area contributed by atoms with Crippen molar-refractivity contribution in [3.63, 3.8) is 0 Å². The molecule has 11 heteroatoms. The number of nitrogens with one attached hydrogen (secondary N) is 2. The van der Waals surface area contributed by atoms with Crippen molar-refractivity contribution in [3.05, 3.63) is 60.3 Å². The zero-order chi connectivity index (χ0) is 27.0. The molecule has 0 fully saturated rings. The van der Waals surface area contributed by atoms with E-state index >= 15 is 0 Å². The van der Waals surface area contributed by atoms with Gasteiger partial charge in [0.15, 0.2) is 0 Å². The Kier molecular flexibility index (Phi) is 12.3. The zero-order valence-electron chi connectivity index (χ0n) is 22.3. The number of aromatic nitrogens is 1. The summed E-state index contributed by atoms with van der Waals surface area (Å²) in [6.07, 6.45) is 3.86. The molecule has 9 nitrogen and oxygen atoms in total. The Labute approximate surface area is 246 Å². The number of hydrogen-bond acceptors (Lipinski definition) is 6. The number of amides is 1. The van der Waals surface area contributed by atoms with Gasteiger partial charge >= 0.3 is 29.6 Å². The molecule has 38 heavy (non-hydrogen) atoms.